The molecule has 0 aliphatic heterocycles. The summed E-state index contributed by atoms with van der Waals surface area (Å²) < 4.78 is 0. The third-order valence-corrected chi connectivity index (χ3v) is 2.17. The Hall–Kier alpha value is 0.276. The van der Waals surface area contributed by atoms with Gasteiger partial charge in [0, 0.05) is 0 Å². The van der Waals surface area contributed by atoms with E-state index in [0.717, 1.165) is 0 Å². The summed E-state index contributed by atoms with van der Waals surface area (Å²) in [4.78, 5) is 0. The zero-order valence-electron chi connectivity index (χ0n) is 9.47. The van der Waals surface area contributed by atoms with E-state index in [2.05, 4.69) is 52.0 Å². The van der Waals surface area contributed by atoms with Gasteiger partial charge in [-0.25, -0.2) is 0 Å². The smallest absolute Gasteiger partial charge is 1.00 e. The minimum Gasteiger partial charge on any atom is -1.00 e. The molecule has 14 heavy (non-hydrogen) atoms. The first-order valence-corrected chi connectivity index (χ1v) is 4.62. The van der Waals surface area contributed by atoms with Crippen molar-refractivity contribution in [3.63, 3.8) is 0 Å². The normalized spacial score (nSPS) is 9.57. The standard InChI is InChI=1S/C12H17.ClH.Mg/c1-9(2)11-6-5-7-12(8-11)10(3)4;;/h6-10H,1-4H3;1H;/q-1;;+2/p-1. The van der Waals surface area contributed by atoms with Gasteiger partial charge in [0.2, 0.25) is 0 Å². The molecule has 0 aromatic heterocycles. The molecule has 0 unspecified atom stereocenters. The Morgan fingerprint density at radius 2 is 1.29 bits per heavy atom. The van der Waals surface area contributed by atoms with Crippen LogP contribution in [0.5, 0.6) is 0 Å². The van der Waals surface area contributed by atoms with Gasteiger partial charge in [-0.2, -0.15) is 35.4 Å². The maximum atomic E-state index is 3.19. The third kappa shape index (κ3) is 4.67. The summed E-state index contributed by atoms with van der Waals surface area (Å²) in [5.41, 5.74) is 2.78. The van der Waals surface area contributed by atoms with Crippen LogP contribution in [0.2, 0.25) is 0 Å². The molecule has 0 heterocycles. The van der Waals surface area contributed by atoms with E-state index in [-0.39, 0.29) is 35.5 Å². The minimum atomic E-state index is 0. The van der Waals surface area contributed by atoms with Crippen LogP contribution in [0, 0.1) is 6.07 Å². The van der Waals surface area contributed by atoms with Crippen LogP contribution < -0.4 is 12.4 Å². The zero-order chi connectivity index (χ0) is 9.14. The van der Waals surface area contributed by atoms with Gasteiger partial charge in [-0.1, -0.05) is 39.5 Å². The molecule has 0 saturated heterocycles. The van der Waals surface area contributed by atoms with Crippen LogP contribution in [0.3, 0.4) is 0 Å². The summed E-state index contributed by atoms with van der Waals surface area (Å²) >= 11 is 0. The predicted molar refractivity (Wildman–Crippen MR) is 59.2 cm³/mol. The average Bonchev–Trinajstić information content (AvgIpc) is 2.04. The SMILES string of the molecule is CC(C)c1c[c-]cc(C(C)C)c1.[Cl-].[Mg+2]. The van der Waals surface area contributed by atoms with Crippen LogP contribution in [0.1, 0.15) is 50.7 Å². The first-order valence-electron chi connectivity index (χ1n) is 4.62. The molecule has 0 aliphatic carbocycles. The van der Waals surface area contributed by atoms with Crippen molar-refractivity contribution in [3.8, 4) is 0 Å². The summed E-state index contributed by atoms with van der Waals surface area (Å²) in [7, 11) is 0. The molecule has 0 spiro atoms. The van der Waals surface area contributed by atoms with Crippen LogP contribution in [0.4, 0.5) is 0 Å². The van der Waals surface area contributed by atoms with Gasteiger partial charge in [0.15, 0.2) is 0 Å². The Morgan fingerprint density at radius 3 is 1.57 bits per heavy atom. The van der Waals surface area contributed by atoms with E-state index >= 15 is 0 Å². The molecule has 1 aromatic carbocycles. The molecule has 0 atom stereocenters. The minimum absolute atomic E-state index is 0. The van der Waals surface area contributed by atoms with Crippen molar-refractivity contribution in [1.29, 1.82) is 0 Å². The molecule has 0 fully saturated rings. The third-order valence-electron chi connectivity index (χ3n) is 2.17. The van der Waals surface area contributed by atoms with Crippen LogP contribution in [0.25, 0.3) is 0 Å². The molecule has 0 N–H and O–H groups in total. The van der Waals surface area contributed by atoms with Crippen molar-refractivity contribution in [1.82, 2.24) is 0 Å². The largest absolute Gasteiger partial charge is 2.00 e. The van der Waals surface area contributed by atoms with Gasteiger partial charge in [-0.05, 0) is 0 Å². The van der Waals surface area contributed by atoms with Gasteiger partial charge in [-0.3, -0.25) is 0 Å². The maximum absolute atomic E-state index is 3.19. The second kappa shape index (κ2) is 7.55. The molecular formula is C12H17ClMg. The van der Waals surface area contributed by atoms with Gasteiger partial charge < -0.3 is 12.4 Å². The number of hydrogen-bond donors (Lipinski definition) is 0. The summed E-state index contributed by atoms with van der Waals surface area (Å²) in [6.07, 6.45) is 0. The zero-order valence-corrected chi connectivity index (χ0v) is 11.6. The van der Waals surface area contributed by atoms with Gasteiger partial charge in [0.1, 0.15) is 0 Å². The number of halogens is 1. The Kier molecular flexibility index (Phi) is 9.01. The van der Waals surface area contributed by atoms with Crippen LogP contribution in [-0.4, -0.2) is 23.1 Å². The predicted octanol–water partition coefficient (Wildman–Crippen LogP) is 0.357. The van der Waals surface area contributed by atoms with Gasteiger partial charge in [0.05, 0.1) is 0 Å². The van der Waals surface area contributed by atoms with Crippen LogP contribution in [0.15, 0.2) is 18.2 Å². The maximum Gasteiger partial charge on any atom is 2.00 e. The molecule has 0 amide bonds. The second-order valence-electron chi connectivity index (χ2n) is 3.91. The summed E-state index contributed by atoms with van der Waals surface area (Å²) in [5.74, 6) is 1.22. The van der Waals surface area contributed by atoms with Gasteiger partial charge in [0.25, 0.3) is 0 Å². The second-order valence-corrected chi connectivity index (χ2v) is 3.91. The van der Waals surface area contributed by atoms with E-state index in [0.29, 0.717) is 11.8 Å². The molecule has 2 heteroatoms. The van der Waals surface area contributed by atoms with Crippen LogP contribution in [-0.2, 0) is 0 Å². The summed E-state index contributed by atoms with van der Waals surface area (Å²) in [5, 5.41) is 0. The van der Waals surface area contributed by atoms with Crippen molar-refractivity contribution in [2.45, 2.75) is 39.5 Å². The number of hydrogen-bond acceptors (Lipinski definition) is 0. The Balaban J connectivity index is 0. The molecule has 1 aromatic rings. The van der Waals surface area contributed by atoms with Crippen LogP contribution >= 0.6 is 0 Å². The van der Waals surface area contributed by atoms with Crippen molar-refractivity contribution < 1.29 is 12.4 Å². The first kappa shape index (κ1) is 16.7. The van der Waals surface area contributed by atoms with Crippen molar-refractivity contribution >= 4 is 23.1 Å². The van der Waals surface area contributed by atoms with Crippen molar-refractivity contribution in [2.24, 2.45) is 0 Å². The Bertz CT molecular complexity index is 233. The fourth-order valence-electron chi connectivity index (χ4n) is 1.18. The average molecular weight is 221 g/mol. The number of benzene rings is 1. The van der Waals surface area contributed by atoms with E-state index in [4.69, 9.17) is 0 Å². The Morgan fingerprint density at radius 1 is 0.929 bits per heavy atom. The van der Waals surface area contributed by atoms with Crippen molar-refractivity contribution in [3.05, 3.63) is 35.4 Å². The molecule has 74 valence electrons. The van der Waals surface area contributed by atoms with E-state index in [9.17, 15) is 0 Å². The fraction of sp³-hybridized carbons (Fsp3) is 0.500. The molecule has 1 rings (SSSR count). The van der Waals surface area contributed by atoms with Crippen molar-refractivity contribution in [2.75, 3.05) is 0 Å². The molecular weight excluding hydrogens is 204 g/mol. The first-order chi connectivity index (χ1) is 5.61. The molecule has 0 bridgehead atoms. The summed E-state index contributed by atoms with van der Waals surface area (Å²) in [6, 6.07) is 9.64. The van der Waals surface area contributed by atoms with Gasteiger partial charge >= 0.3 is 23.1 Å². The molecule has 0 nitrogen and oxygen atoms in total. The summed E-state index contributed by atoms with van der Waals surface area (Å²) in [6.45, 7) is 8.86. The van der Waals surface area contributed by atoms with E-state index in [1.165, 1.54) is 11.1 Å². The van der Waals surface area contributed by atoms with E-state index < -0.39 is 0 Å². The van der Waals surface area contributed by atoms with E-state index in [1.807, 2.05) is 0 Å². The number of rotatable bonds is 2. The fourth-order valence-corrected chi connectivity index (χ4v) is 1.18. The molecule has 0 radical (unpaired) electrons. The molecule has 0 aliphatic rings. The topological polar surface area (TPSA) is 0 Å². The van der Waals surface area contributed by atoms with Gasteiger partial charge in [-0.15, -0.1) is 0 Å². The Labute approximate surface area is 110 Å². The quantitative estimate of drug-likeness (QED) is 0.499. The van der Waals surface area contributed by atoms with E-state index in [1.54, 1.807) is 0 Å². The monoisotopic (exact) mass is 220 g/mol. The molecule has 0 saturated carbocycles.